The maximum absolute atomic E-state index is 14.2. The first-order valence-corrected chi connectivity index (χ1v) is 27.4. The van der Waals surface area contributed by atoms with Crippen LogP contribution >= 0.6 is 11.6 Å². The Morgan fingerprint density at radius 2 is 0.924 bits per heavy atom. The van der Waals surface area contributed by atoms with Gasteiger partial charge in [-0.3, -0.25) is 33.7 Å². The minimum atomic E-state index is -0.543. The zero-order chi connectivity index (χ0) is 56.3. The largest absolute Gasteiger partial charge is 0.382 e. The first-order valence-electron chi connectivity index (χ1n) is 27.0. The van der Waals surface area contributed by atoms with Gasteiger partial charge in [-0.2, -0.15) is 0 Å². The molecule has 2 aliphatic heterocycles. The van der Waals surface area contributed by atoms with Gasteiger partial charge in [0.25, 0.3) is 0 Å². The number of ketones is 4. The van der Waals surface area contributed by atoms with Gasteiger partial charge in [-0.1, -0.05) is 169 Å². The van der Waals surface area contributed by atoms with Crippen molar-refractivity contribution >= 4 is 46.5 Å². The molecule has 8 rings (SSSR count). The van der Waals surface area contributed by atoms with Crippen LogP contribution in [0.15, 0.2) is 164 Å². The predicted octanol–water partition coefficient (Wildman–Crippen LogP) is 9.32. The molecule has 1 N–H and O–H groups in total. The van der Waals surface area contributed by atoms with E-state index in [-0.39, 0.29) is 54.0 Å². The summed E-state index contributed by atoms with van der Waals surface area (Å²) in [5, 5.41) is 3.45. The summed E-state index contributed by atoms with van der Waals surface area (Å²) < 4.78 is 15.7. The van der Waals surface area contributed by atoms with E-state index in [1.165, 1.54) is 4.90 Å². The van der Waals surface area contributed by atoms with E-state index in [2.05, 4.69) is 36.2 Å². The van der Waals surface area contributed by atoms with Crippen LogP contribution in [-0.4, -0.2) is 150 Å². The lowest BCUT2D eigenvalue weighted by atomic mass is 9.67. The fraction of sp³-hybridized carbons (Fsp3) is 0.354. The summed E-state index contributed by atoms with van der Waals surface area (Å²) in [5.41, 5.74) is 6.52. The highest BCUT2D eigenvalue weighted by Gasteiger charge is 2.47. The molecule has 79 heavy (non-hydrogen) atoms. The van der Waals surface area contributed by atoms with E-state index in [0.717, 1.165) is 22.3 Å². The third kappa shape index (κ3) is 16.1. The van der Waals surface area contributed by atoms with Crippen LogP contribution in [0.5, 0.6) is 0 Å². The van der Waals surface area contributed by atoms with Crippen molar-refractivity contribution in [3.8, 4) is 0 Å². The Hall–Kier alpha value is -6.97. The molecule has 4 atom stereocenters. The van der Waals surface area contributed by atoms with Crippen LogP contribution < -0.4 is 5.32 Å². The maximum atomic E-state index is 14.2. The van der Waals surface area contributed by atoms with Gasteiger partial charge >= 0.3 is 0 Å². The number of nitrogens with one attached hydrogen (secondary N) is 1. The van der Waals surface area contributed by atoms with Crippen molar-refractivity contribution < 1.29 is 43.0 Å². The van der Waals surface area contributed by atoms with Gasteiger partial charge < -0.3 is 29.3 Å². The van der Waals surface area contributed by atoms with Crippen LogP contribution in [0.2, 0.25) is 5.02 Å². The minimum absolute atomic E-state index is 0.0252. The van der Waals surface area contributed by atoms with Crippen molar-refractivity contribution in [1.29, 1.82) is 0 Å². The standard InChI is InChI=1S/C36H44N2O6.C29H29ClN2O3/c1-26-11-10-16-30(27(26)2)34-31(35(40)28-12-6-4-7-13-28)23-38(24-32(34)36(41)29-14-8-5-9-15-29)18-17-37-33(39)25-44-22-21-43-20-19-42-3;1-31(2)26(33)19-32-17-23(28(34)20-11-5-3-6-12-20)27(22-15-9-10-16-25(22)30)24(18-32)29(35)21-13-7-4-8-14-21/h4-16,31-32,34H,17-25H2,1-3H3,(H,37,39);3-16,23-24,27H,17-19H2,1-2H3. The topological polar surface area (TPSA) is 152 Å². The van der Waals surface area contributed by atoms with Gasteiger partial charge in [0.1, 0.15) is 6.61 Å². The Morgan fingerprint density at radius 3 is 1.38 bits per heavy atom. The third-order valence-electron chi connectivity index (χ3n) is 15.0. The molecule has 2 heterocycles. The van der Waals surface area contributed by atoms with Crippen molar-refractivity contribution in [2.75, 3.05) is 100 Å². The van der Waals surface area contributed by atoms with Crippen molar-refractivity contribution in [3.63, 3.8) is 0 Å². The number of methoxy groups -OCH3 is 1. The molecule has 2 fully saturated rings. The predicted molar refractivity (Wildman–Crippen MR) is 308 cm³/mol. The quantitative estimate of drug-likeness (QED) is 0.0483. The monoisotopic (exact) mass is 1090 g/mol. The second-order valence-electron chi connectivity index (χ2n) is 20.5. The van der Waals surface area contributed by atoms with Gasteiger partial charge in [-0.05, 0) is 42.2 Å². The molecule has 6 aromatic rings. The molecule has 0 aliphatic carbocycles. The van der Waals surface area contributed by atoms with Crippen LogP contribution in [-0.2, 0) is 23.8 Å². The van der Waals surface area contributed by atoms with E-state index in [0.29, 0.717) is 93.0 Å². The molecule has 0 radical (unpaired) electrons. The Kier molecular flexibility index (Phi) is 22.6. The highest BCUT2D eigenvalue weighted by Crippen LogP contribution is 2.44. The summed E-state index contributed by atoms with van der Waals surface area (Å²) in [6.07, 6.45) is 0. The van der Waals surface area contributed by atoms with Crippen molar-refractivity contribution in [2.45, 2.75) is 25.7 Å². The second-order valence-corrected chi connectivity index (χ2v) is 20.9. The van der Waals surface area contributed by atoms with Gasteiger partial charge in [-0.25, -0.2) is 0 Å². The molecule has 14 heteroatoms. The SMILES string of the molecule is CN(C)C(=O)CN1CC(C(=O)c2ccccc2)C(c2ccccc2Cl)C(C(=O)c2ccccc2)C1.COCCOCCOCC(=O)NCCN1CC(C(=O)c2ccccc2)C(c2cccc(C)c2C)C(C(=O)c2ccccc2)C1. The number of piperidine rings is 2. The Labute approximate surface area is 470 Å². The fourth-order valence-electron chi connectivity index (χ4n) is 10.9. The Morgan fingerprint density at radius 1 is 0.519 bits per heavy atom. The number of ether oxygens (including phenoxy) is 3. The summed E-state index contributed by atoms with van der Waals surface area (Å²) in [5.74, 6) is -3.03. The Balaban J connectivity index is 0.000000234. The van der Waals surface area contributed by atoms with Crippen molar-refractivity contribution in [2.24, 2.45) is 23.7 Å². The van der Waals surface area contributed by atoms with Crippen molar-refractivity contribution in [1.82, 2.24) is 20.0 Å². The average molecular weight is 1090 g/mol. The summed E-state index contributed by atoms with van der Waals surface area (Å²) in [7, 11) is 5.02. The third-order valence-corrected chi connectivity index (χ3v) is 15.4. The number of hydrogen-bond donors (Lipinski definition) is 1. The summed E-state index contributed by atoms with van der Waals surface area (Å²) in [4.78, 5) is 86.8. The average Bonchev–Trinajstić information content (AvgIpc) is 3.63. The number of benzene rings is 6. The van der Waals surface area contributed by atoms with E-state index in [9.17, 15) is 28.8 Å². The van der Waals surface area contributed by atoms with Crippen molar-refractivity contribution in [3.05, 3.63) is 213 Å². The summed E-state index contributed by atoms with van der Waals surface area (Å²) in [6.45, 7) is 8.48. The molecule has 0 spiro atoms. The molecule has 414 valence electrons. The molecule has 0 aromatic heterocycles. The highest BCUT2D eigenvalue weighted by atomic mass is 35.5. The zero-order valence-electron chi connectivity index (χ0n) is 45.9. The van der Waals surface area contributed by atoms with Crippen LogP contribution in [0.4, 0.5) is 0 Å². The van der Waals surface area contributed by atoms with Gasteiger partial charge in [0.05, 0.1) is 33.0 Å². The maximum Gasteiger partial charge on any atom is 0.246 e. The van der Waals surface area contributed by atoms with E-state index >= 15 is 0 Å². The van der Waals surface area contributed by atoms with Crippen LogP contribution in [0, 0.1) is 37.5 Å². The minimum Gasteiger partial charge on any atom is -0.382 e. The molecular formula is C65H73ClN4O9. The van der Waals surface area contributed by atoms with E-state index in [1.807, 2.05) is 126 Å². The molecule has 0 bridgehead atoms. The van der Waals surface area contributed by atoms with Gasteiger partial charge in [0, 0.05) is 123 Å². The lowest BCUT2D eigenvalue weighted by Gasteiger charge is -2.43. The normalized spacial score (nSPS) is 19.3. The molecule has 6 aromatic carbocycles. The number of likely N-dealkylation sites (N-methyl/N-ethyl adjacent to an activating group) is 1. The van der Waals surface area contributed by atoms with E-state index in [1.54, 1.807) is 51.5 Å². The number of aryl methyl sites for hydroxylation is 1. The number of likely N-dealkylation sites (tertiary alicyclic amines) is 2. The first-order chi connectivity index (χ1) is 38.3. The second kappa shape index (κ2) is 29.8. The van der Waals surface area contributed by atoms with Crippen LogP contribution in [0.25, 0.3) is 0 Å². The molecule has 13 nitrogen and oxygen atoms in total. The van der Waals surface area contributed by atoms with E-state index < -0.39 is 29.6 Å². The van der Waals surface area contributed by atoms with Crippen LogP contribution in [0.1, 0.15) is 75.5 Å². The van der Waals surface area contributed by atoms with Gasteiger partial charge in [0.2, 0.25) is 11.8 Å². The number of rotatable bonds is 23. The zero-order valence-corrected chi connectivity index (χ0v) is 46.7. The molecule has 2 amide bonds. The smallest absolute Gasteiger partial charge is 0.246 e. The number of hydrogen-bond acceptors (Lipinski definition) is 11. The summed E-state index contributed by atoms with van der Waals surface area (Å²) >= 11 is 6.65. The van der Waals surface area contributed by atoms with Crippen LogP contribution in [0.3, 0.4) is 0 Å². The number of halogens is 1. The first kappa shape index (κ1) is 59.7. The number of nitrogens with zero attached hydrogens (tertiary/aromatic N) is 3. The molecule has 0 saturated carbocycles. The lowest BCUT2D eigenvalue weighted by Crippen LogP contribution is -2.52. The Bertz CT molecular complexity index is 2840. The number of carbonyl (C=O) groups excluding carboxylic acids is 6. The lowest BCUT2D eigenvalue weighted by molar-refractivity contribution is -0.130. The number of Topliss-reactive ketones (excluding diaryl/α,β-unsaturated/α-hetero) is 4. The molecule has 2 saturated heterocycles. The summed E-state index contributed by atoms with van der Waals surface area (Å²) in [6, 6.07) is 50.5. The van der Waals surface area contributed by atoms with Gasteiger partial charge in [-0.15, -0.1) is 0 Å². The van der Waals surface area contributed by atoms with Gasteiger partial charge in [0.15, 0.2) is 23.1 Å². The number of carbonyl (C=O) groups is 6. The highest BCUT2D eigenvalue weighted by molar-refractivity contribution is 6.31. The van der Waals surface area contributed by atoms with E-state index in [4.69, 9.17) is 25.8 Å². The molecule has 2 aliphatic rings. The fourth-order valence-corrected chi connectivity index (χ4v) is 11.1. The number of amides is 2. The molecular weight excluding hydrogens is 1020 g/mol. The molecule has 4 unspecified atom stereocenters.